The van der Waals surface area contributed by atoms with Crippen molar-refractivity contribution in [1.82, 2.24) is 16.0 Å². The number of urea groups is 1. The van der Waals surface area contributed by atoms with Gasteiger partial charge in [0.1, 0.15) is 0 Å². The molecule has 0 aromatic rings. The van der Waals surface area contributed by atoms with E-state index < -0.39 is 0 Å². The first-order chi connectivity index (χ1) is 5.27. The van der Waals surface area contributed by atoms with E-state index in [9.17, 15) is 4.79 Å². The average molecular weight is 170 g/mol. The molecule has 6 heteroatoms. The summed E-state index contributed by atoms with van der Waals surface area (Å²) < 4.78 is 0. The molecule has 2 aliphatic rings. The molecule has 2 heterocycles. The van der Waals surface area contributed by atoms with Gasteiger partial charge in [0.15, 0.2) is 6.17 Å². The van der Waals surface area contributed by atoms with Crippen molar-refractivity contribution < 1.29 is 4.79 Å². The highest BCUT2D eigenvalue weighted by Crippen LogP contribution is 2.14. The molecule has 1 atom stereocenters. The molecule has 0 saturated carbocycles. The number of aliphatic imine (C=N–C) groups is 1. The van der Waals surface area contributed by atoms with E-state index >= 15 is 0 Å². The molecule has 1 unspecified atom stereocenters. The maximum absolute atomic E-state index is 10.8. The van der Waals surface area contributed by atoms with Crippen LogP contribution in [-0.2, 0) is 0 Å². The Labute approximate surface area is 68.4 Å². The third-order valence-electron chi connectivity index (χ3n) is 1.47. The van der Waals surface area contributed by atoms with Crippen LogP contribution >= 0.6 is 12.6 Å². The number of carbonyl (C=O) groups excluding carboxylic acids is 1. The zero-order valence-corrected chi connectivity index (χ0v) is 6.35. The minimum absolute atomic E-state index is 0.274. The van der Waals surface area contributed by atoms with E-state index in [1.165, 1.54) is 6.34 Å². The molecule has 58 valence electrons. The van der Waals surface area contributed by atoms with Crippen LogP contribution in [-0.4, -0.2) is 18.5 Å². The van der Waals surface area contributed by atoms with Crippen molar-refractivity contribution in [3.8, 4) is 0 Å². The van der Waals surface area contributed by atoms with Gasteiger partial charge >= 0.3 is 6.03 Å². The van der Waals surface area contributed by atoms with Gasteiger partial charge in [0.05, 0.1) is 17.1 Å². The Morgan fingerprint density at radius 2 is 2.45 bits per heavy atom. The summed E-state index contributed by atoms with van der Waals surface area (Å²) in [4.78, 5) is 14.8. The molecule has 0 bridgehead atoms. The van der Waals surface area contributed by atoms with Crippen LogP contribution in [0, 0.1) is 0 Å². The van der Waals surface area contributed by atoms with Crippen molar-refractivity contribution in [3.05, 3.63) is 10.7 Å². The van der Waals surface area contributed by atoms with Crippen molar-refractivity contribution in [2.45, 2.75) is 6.17 Å². The fourth-order valence-electron chi connectivity index (χ4n) is 0.977. The van der Waals surface area contributed by atoms with E-state index in [-0.39, 0.29) is 12.2 Å². The van der Waals surface area contributed by atoms with Crippen LogP contribution in [0.3, 0.4) is 0 Å². The zero-order chi connectivity index (χ0) is 7.84. The van der Waals surface area contributed by atoms with Gasteiger partial charge in [-0.05, 0) is 0 Å². The normalized spacial score (nSPS) is 27.4. The van der Waals surface area contributed by atoms with E-state index in [4.69, 9.17) is 0 Å². The molecule has 0 radical (unpaired) electrons. The van der Waals surface area contributed by atoms with Crippen LogP contribution in [0.5, 0.6) is 0 Å². The van der Waals surface area contributed by atoms with Crippen molar-refractivity contribution in [3.63, 3.8) is 0 Å². The number of nitrogens with zero attached hydrogens (tertiary/aromatic N) is 1. The molecule has 2 amide bonds. The molecule has 0 aliphatic carbocycles. The molecule has 3 N–H and O–H groups in total. The number of thiol groups is 1. The molecule has 2 aliphatic heterocycles. The molecular formula is C5H6N4OS. The number of hydrogen-bond acceptors (Lipinski definition) is 4. The maximum atomic E-state index is 10.8. The topological polar surface area (TPSA) is 65.5 Å². The molecular weight excluding hydrogens is 164 g/mol. The molecule has 11 heavy (non-hydrogen) atoms. The second kappa shape index (κ2) is 2.16. The lowest BCUT2D eigenvalue weighted by atomic mass is 10.3. The van der Waals surface area contributed by atoms with Gasteiger partial charge < -0.3 is 16.0 Å². The lowest BCUT2D eigenvalue weighted by Gasteiger charge is -2.20. The smallest absolute Gasteiger partial charge is 0.321 e. The van der Waals surface area contributed by atoms with Gasteiger partial charge in [-0.1, -0.05) is 0 Å². The van der Waals surface area contributed by atoms with Crippen LogP contribution in [0.2, 0.25) is 0 Å². The SMILES string of the molecule is O=C1NC(S)=C2NC=NC2N1. The van der Waals surface area contributed by atoms with E-state index in [1.54, 1.807) is 0 Å². The highest BCUT2D eigenvalue weighted by molar-refractivity contribution is 7.84. The predicted molar refractivity (Wildman–Crippen MR) is 43.1 cm³/mol. The van der Waals surface area contributed by atoms with Crippen molar-refractivity contribution >= 4 is 25.0 Å². The second-order valence-corrected chi connectivity index (χ2v) is 2.63. The maximum Gasteiger partial charge on any atom is 0.321 e. The summed E-state index contributed by atoms with van der Waals surface area (Å²) in [5.41, 5.74) is 0.785. The number of rotatable bonds is 0. The Bertz CT molecular complexity index is 272. The third kappa shape index (κ3) is 0.949. The fourth-order valence-corrected chi connectivity index (χ4v) is 1.27. The van der Waals surface area contributed by atoms with Crippen LogP contribution in [0.1, 0.15) is 0 Å². The lowest BCUT2D eigenvalue weighted by Crippen LogP contribution is -2.47. The molecule has 0 saturated heterocycles. The summed E-state index contributed by atoms with van der Waals surface area (Å²) in [7, 11) is 0. The fraction of sp³-hybridized carbons (Fsp3) is 0.200. The van der Waals surface area contributed by atoms with Gasteiger partial charge in [-0.15, -0.1) is 12.6 Å². The van der Waals surface area contributed by atoms with Gasteiger partial charge in [-0.25, -0.2) is 9.79 Å². The number of carbonyl (C=O) groups is 1. The van der Waals surface area contributed by atoms with E-state index in [1.807, 2.05) is 0 Å². The van der Waals surface area contributed by atoms with E-state index in [0.717, 1.165) is 5.70 Å². The van der Waals surface area contributed by atoms with Crippen LogP contribution in [0.25, 0.3) is 0 Å². The Morgan fingerprint density at radius 3 is 3.27 bits per heavy atom. The van der Waals surface area contributed by atoms with Gasteiger partial charge in [-0.3, -0.25) is 0 Å². The summed E-state index contributed by atoms with van der Waals surface area (Å²) >= 11 is 4.06. The first-order valence-electron chi connectivity index (χ1n) is 3.06. The predicted octanol–water partition coefficient (Wildman–Crippen LogP) is -0.644. The summed E-state index contributed by atoms with van der Waals surface area (Å²) in [6.45, 7) is 0. The standard InChI is InChI=1S/C5H6N4OS/c10-5-8-3-2(4(11)9-5)6-1-7-3/h1,3,11H,(H,6,7)(H2,8,9,10). The largest absolute Gasteiger partial charge is 0.345 e. The molecule has 0 spiro atoms. The number of nitrogens with one attached hydrogen (secondary N) is 3. The number of hydrogen-bond donors (Lipinski definition) is 4. The van der Waals surface area contributed by atoms with Gasteiger partial charge in [-0.2, -0.15) is 0 Å². The Hall–Kier alpha value is -1.17. The van der Waals surface area contributed by atoms with Crippen molar-refractivity contribution in [2.75, 3.05) is 0 Å². The number of fused-ring (bicyclic) bond motifs is 1. The summed E-state index contributed by atoms with van der Waals surface area (Å²) in [5.74, 6) is 0. The molecule has 5 nitrogen and oxygen atoms in total. The first kappa shape index (κ1) is 6.53. The van der Waals surface area contributed by atoms with Crippen LogP contribution in [0.4, 0.5) is 4.79 Å². The monoisotopic (exact) mass is 170 g/mol. The molecule has 0 aromatic carbocycles. The second-order valence-electron chi connectivity index (χ2n) is 2.19. The third-order valence-corrected chi connectivity index (χ3v) is 1.82. The number of amides is 2. The minimum Gasteiger partial charge on any atom is -0.345 e. The highest BCUT2D eigenvalue weighted by Gasteiger charge is 2.26. The van der Waals surface area contributed by atoms with Crippen molar-refractivity contribution in [1.29, 1.82) is 0 Å². The lowest BCUT2D eigenvalue weighted by molar-refractivity contribution is 0.240. The highest BCUT2D eigenvalue weighted by atomic mass is 32.1. The Kier molecular flexibility index (Phi) is 1.28. The zero-order valence-electron chi connectivity index (χ0n) is 5.46. The minimum atomic E-state index is -0.281. The van der Waals surface area contributed by atoms with Crippen LogP contribution in [0.15, 0.2) is 15.7 Å². The quantitative estimate of drug-likeness (QED) is 0.365. The summed E-state index contributed by atoms with van der Waals surface area (Å²) in [5, 5.41) is 8.48. The molecule has 2 rings (SSSR count). The van der Waals surface area contributed by atoms with Crippen LogP contribution < -0.4 is 16.0 Å². The molecule has 0 fully saturated rings. The molecule has 0 aromatic heterocycles. The van der Waals surface area contributed by atoms with Gasteiger partial charge in [0.2, 0.25) is 0 Å². The van der Waals surface area contributed by atoms with Gasteiger partial charge in [0, 0.05) is 0 Å². The average Bonchev–Trinajstić information content (AvgIpc) is 2.34. The van der Waals surface area contributed by atoms with E-state index in [2.05, 4.69) is 33.6 Å². The van der Waals surface area contributed by atoms with E-state index in [0.29, 0.717) is 5.03 Å². The van der Waals surface area contributed by atoms with Gasteiger partial charge in [0.25, 0.3) is 0 Å². The Morgan fingerprint density at radius 1 is 1.64 bits per heavy atom. The van der Waals surface area contributed by atoms with Crippen molar-refractivity contribution in [2.24, 2.45) is 4.99 Å². The summed E-state index contributed by atoms with van der Waals surface area (Å²) in [6.07, 6.45) is 1.25. The summed E-state index contributed by atoms with van der Waals surface area (Å²) in [6, 6.07) is -0.274. The first-order valence-corrected chi connectivity index (χ1v) is 3.51. The Balaban J connectivity index is 2.35.